The summed E-state index contributed by atoms with van der Waals surface area (Å²) in [6, 6.07) is 0.790. The molecule has 1 aromatic rings. The molecule has 0 bridgehead atoms. The summed E-state index contributed by atoms with van der Waals surface area (Å²) in [5.74, 6) is -1.25. The lowest BCUT2D eigenvalue weighted by molar-refractivity contribution is -0.384. The molecule has 1 aliphatic rings. The van der Waals surface area contributed by atoms with Gasteiger partial charge in [-0.2, -0.15) is 0 Å². The number of nitrogens with one attached hydrogen (secondary N) is 1. The van der Waals surface area contributed by atoms with Gasteiger partial charge in [-0.15, -0.1) is 0 Å². The van der Waals surface area contributed by atoms with Gasteiger partial charge in [0.1, 0.15) is 5.69 Å². The lowest BCUT2D eigenvalue weighted by Crippen LogP contribution is -2.38. The first-order valence-electron chi connectivity index (χ1n) is 6.79. The molecule has 114 valence electrons. The van der Waals surface area contributed by atoms with Crippen molar-refractivity contribution in [3.63, 3.8) is 0 Å². The Morgan fingerprint density at radius 2 is 2.24 bits per heavy atom. The van der Waals surface area contributed by atoms with E-state index in [-0.39, 0.29) is 23.7 Å². The van der Waals surface area contributed by atoms with Gasteiger partial charge in [-0.1, -0.05) is 0 Å². The zero-order valence-corrected chi connectivity index (χ0v) is 11.6. The number of carboxylic acids is 1. The molecule has 1 aliphatic carbocycles. The smallest absolute Gasteiger partial charge is 0.305 e. The average molecular weight is 295 g/mol. The lowest BCUT2D eigenvalue weighted by Gasteiger charge is -2.16. The number of nitro groups is 1. The number of nitrogens with zero attached hydrogens (tertiary/aromatic N) is 2. The number of hydrogen-bond donors (Lipinski definition) is 2. The summed E-state index contributed by atoms with van der Waals surface area (Å²) in [4.78, 5) is 33.3. The van der Waals surface area contributed by atoms with Gasteiger partial charge in [0.2, 0.25) is 0 Å². The highest BCUT2D eigenvalue weighted by Gasteiger charge is 2.34. The molecule has 8 nitrogen and oxygen atoms in total. The molecule has 1 aromatic heterocycles. The Kier molecular flexibility index (Phi) is 4.25. The van der Waals surface area contributed by atoms with E-state index in [1.165, 1.54) is 16.8 Å². The van der Waals surface area contributed by atoms with Crippen molar-refractivity contribution >= 4 is 17.6 Å². The lowest BCUT2D eigenvalue weighted by atomic mass is 10.1. The second-order valence-electron chi connectivity index (χ2n) is 5.14. The van der Waals surface area contributed by atoms with Gasteiger partial charge < -0.3 is 15.0 Å². The molecular weight excluding hydrogens is 278 g/mol. The summed E-state index contributed by atoms with van der Waals surface area (Å²) in [5.41, 5.74) is 0.0310. The van der Waals surface area contributed by atoms with Crippen molar-refractivity contribution in [2.45, 2.75) is 38.8 Å². The zero-order valence-electron chi connectivity index (χ0n) is 11.6. The summed E-state index contributed by atoms with van der Waals surface area (Å²) in [5, 5.41) is 22.3. The Hall–Kier alpha value is -2.38. The highest BCUT2D eigenvalue weighted by Crippen LogP contribution is 2.34. The van der Waals surface area contributed by atoms with Crippen LogP contribution in [0.4, 0.5) is 5.69 Å². The molecule has 8 heteroatoms. The van der Waals surface area contributed by atoms with Gasteiger partial charge in [0.15, 0.2) is 0 Å². The van der Waals surface area contributed by atoms with E-state index in [1.54, 1.807) is 6.92 Å². The molecule has 0 spiro atoms. The molecular formula is C13H17N3O5. The molecule has 0 saturated heterocycles. The van der Waals surface area contributed by atoms with Crippen LogP contribution in [0, 0.1) is 16.0 Å². The molecule has 2 rings (SSSR count). The minimum absolute atomic E-state index is 0.134. The van der Waals surface area contributed by atoms with Gasteiger partial charge in [-0.25, -0.2) is 0 Å². The van der Waals surface area contributed by atoms with E-state index in [2.05, 4.69) is 5.32 Å². The quantitative estimate of drug-likeness (QED) is 0.583. The van der Waals surface area contributed by atoms with E-state index in [1.807, 2.05) is 0 Å². The van der Waals surface area contributed by atoms with Crippen LogP contribution in [0.3, 0.4) is 0 Å². The molecule has 1 unspecified atom stereocenters. The minimum atomic E-state index is -0.968. The van der Waals surface area contributed by atoms with Crippen LogP contribution < -0.4 is 5.32 Å². The molecule has 1 saturated carbocycles. The number of amides is 1. The van der Waals surface area contributed by atoms with Gasteiger partial charge in [-0.3, -0.25) is 19.7 Å². The fourth-order valence-electron chi connectivity index (χ4n) is 2.31. The minimum Gasteiger partial charge on any atom is -0.481 e. The monoisotopic (exact) mass is 295 g/mol. The van der Waals surface area contributed by atoms with E-state index >= 15 is 0 Å². The summed E-state index contributed by atoms with van der Waals surface area (Å²) in [6.45, 7) is 2.19. The standard InChI is InChI=1S/C13H17N3O5/c1-2-15-7-9(16(20)21)5-11(15)13(19)14-10(6-12(17)18)8-3-4-8/h5,7-8,10H,2-4,6H2,1H3,(H,14,19)(H,17,18). The second kappa shape index (κ2) is 5.94. The van der Waals surface area contributed by atoms with Crippen LogP contribution in [0.1, 0.15) is 36.7 Å². The predicted octanol–water partition coefficient (Wildman–Crippen LogP) is 1.40. The van der Waals surface area contributed by atoms with Crippen LogP contribution in [0.15, 0.2) is 12.3 Å². The maximum Gasteiger partial charge on any atom is 0.305 e. The van der Waals surface area contributed by atoms with Gasteiger partial charge in [0, 0.05) is 18.7 Å². The Balaban J connectivity index is 2.14. The van der Waals surface area contributed by atoms with E-state index in [0.717, 1.165) is 12.8 Å². The average Bonchev–Trinajstić information content (AvgIpc) is 3.15. The fraction of sp³-hybridized carbons (Fsp3) is 0.538. The second-order valence-corrected chi connectivity index (χ2v) is 5.14. The van der Waals surface area contributed by atoms with E-state index in [0.29, 0.717) is 6.54 Å². The molecule has 2 N–H and O–H groups in total. The normalized spacial score (nSPS) is 15.5. The van der Waals surface area contributed by atoms with E-state index in [9.17, 15) is 19.7 Å². The van der Waals surface area contributed by atoms with Gasteiger partial charge >= 0.3 is 5.97 Å². The Morgan fingerprint density at radius 3 is 2.71 bits per heavy atom. The largest absolute Gasteiger partial charge is 0.481 e. The van der Waals surface area contributed by atoms with Crippen LogP contribution >= 0.6 is 0 Å². The van der Waals surface area contributed by atoms with Gasteiger partial charge in [0.25, 0.3) is 11.6 Å². The Labute approximate surface area is 120 Å². The number of carbonyl (C=O) groups is 2. The molecule has 1 heterocycles. The van der Waals surface area contributed by atoms with Crippen molar-refractivity contribution in [3.8, 4) is 0 Å². The number of carbonyl (C=O) groups excluding carboxylic acids is 1. The molecule has 1 atom stereocenters. The predicted molar refractivity (Wildman–Crippen MR) is 73.0 cm³/mol. The maximum absolute atomic E-state index is 12.2. The first-order chi connectivity index (χ1) is 9.92. The first-order valence-corrected chi connectivity index (χ1v) is 6.79. The number of aryl methyl sites for hydroxylation is 1. The molecule has 0 radical (unpaired) electrons. The Morgan fingerprint density at radius 1 is 1.57 bits per heavy atom. The van der Waals surface area contributed by atoms with Crippen LogP contribution in [0.5, 0.6) is 0 Å². The van der Waals surface area contributed by atoms with Crippen molar-refractivity contribution in [2.75, 3.05) is 0 Å². The number of rotatable bonds is 7. The number of hydrogen-bond acceptors (Lipinski definition) is 4. The van der Waals surface area contributed by atoms with Gasteiger partial charge in [-0.05, 0) is 25.7 Å². The summed E-state index contributed by atoms with van der Waals surface area (Å²) in [7, 11) is 0. The molecule has 1 amide bonds. The Bertz CT molecular complexity index is 576. The number of aliphatic carboxylic acids is 1. The van der Waals surface area contributed by atoms with Crippen LogP contribution in [-0.4, -0.2) is 32.5 Å². The molecule has 21 heavy (non-hydrogen) atoms. The molecule has 0 aliphatic heterocycles. The van der Waals surface area contributed by atoms with E-state index in [4.69, 9.17) is 5.11 Å². The third kappa shape index (κ3) is 3.59. The van der Waals surface area contributed by atoms with Crippen molar-refractivity contribution in [1.29, 1.82) is 0 Å². The fourth-order valence-corrected chi connectivity index (χ4v) is 2.31. The van der Waals surface area contributed by atoms with Crippen LogP contribution in [-0.2, 0) is 11.3 Å². The van der Waals surface area contributed by atoms with E-state index < -0.39 is 22.8 Å². The number of aromatic nitrogens is 1. The van der Waals surface area contributed by atoms with Crippen molar-refractivity contribution in [1.82, 2.24) is 9.88 Å². The third-order valence-electron chi connectivity index (χ3n) is 3.57. The highest BCUT2D eigenvalue weighted by molar-refractivity contribution is 5.94. The first kappa shape index (κ1) is 15.0. The van der Waals surface area contributed by atoms with Gasteiger partial charge in [0.05, 0.1) is 17.5 Å². The summed E-state index contributed by atoms with van der Waals surface area (Å²) >= 11 is 0. The highest BCUT2D eigenvalue weighted by atomic mass is 16.6. The SMILES string of the molecule is CCn1cc([N+](=O)[O-])cc1C(=O)NC(CC(=O)O)C1CC1. The topological polar surface area (TPSA) is 114 Å². The summed E-state index contributed by atoms with van der Waals surface area (Å²) in [6.07, 6.45) is 2.96. The molecule has 1 fully saturated rings. The zero-order chi connectivity index (χ0) is 15.6. The number of carboxylic acid groups (broad SMARTS) is 1. The van der Waals surface area contributed by atoms with Crippen LogP contribution in [0.2, 0.25) is 0 Å². The summed E-state index contributed by atoms with van der Waals surface area (Å²) < 4.78 is 1.48. The molecule has 0 aromatic carbocycles. The third-order valence-corrected chi connectivity index (χ3v) is 3.57. The van der Waals surface area contributed by atoms with Crippen molar-refractivity contribution < 1.29 is 19.6 Å². The van der Waals surface area contributed by atoms with Crippen molar-refractivity contribution in [3.05, 3.63) is 28.1 Å². The van der Waals surface area contributed by atoms with Crippen molar-refractivity contribution in [2.24, 2.45) is 5.92 Å². The van der Waals surface area contributed by atoms with Crippen LogP contribution in [0.25, 0.3) is 0 Å². The maximum atomic E-state index is 12.2.